The van der Waals surface area contributed by atoms with Crippen molar-refractivity contribution < 1.29 is 9.59 Å². The molecule has 2 amide bonds. The molecule has 0 aromatic heterocycles. The summed E-state index contributed by atoms with van der Waals surface area (Å²) < 4.78 is 0. The third-order valence-corrected chi connectivity index (χ3v) is 3.96. The Kier molecular flexibility index (Phi) is 4.29. The maximum Gasteiger partial charge on any atom is 0.241 e. The van der Waals surface area contributed by atoms with Crippen LogP contribution in [-0.4, -0.2) is 23.9 Å². The smallest absolute Gasteiger partial charge is 0.241 e. The largest absolute Gasteiger partial charge is 0.323 e. The van der Waals surface area contributed by atoms with Gasteiger partial charge >= 0.3 is 0 Å². The van der Waals surface area contributed by atoms with Crippen LogP contribution in [0.5, 0.6) is 0 Å². The molecule has 3 atom stereocenters. The van der Waals surface area contributed by atoms with Crippen LogP contribution in [-0.2, 0) is 9.59 Å². The van der Waals surface area contributed by atoms with Gasteiger partial charge in [-0.1, -0.05) is 32.9 Å². The van der Waals surface area contributed by atoms with Gasteiger partial charge in [-0.05, 0) is 17.5 Å². The Morgan fingerprint density at radius 2 is 2.05 bits per heavy atom. The first-order valence-electron chi connectivity index (χ1n) is 7.08. The van der Waals surface area contributed by atoms with Crippen molar-refractivity contribution in [2.24, 2.45) is 17.4 Å². The zero-order valence-corrected chi connectivity index (χ0v) is 12.5. The lowest BCUT2D eigenvalue weighted by molar-refractivity contribution is -0.119. The Morgan fingerprint density at radius 1 is 1.38 bits per heavy atom. The predicted molar refractivity (Wildman–Crippen MR) is 82.9 cm³/mol. The summed E-state index contributed by atoms with van der Waals surface area (Å²) in [7, 11) is 0. The van der Waals surface area contributed by atoms with Crippen LogP contribution in [0.1, 0.15) is 32.3 Å². The number of hydrogen-bond donors (Lipinski definition) is 4. The van der Waals surface area contributed by atoms with E-state index in [0.717, 1.165) is 5.56 Å². The van der Waals surface area contributed by atoms with Gasteiger partial charge in [-0.2, -0.15) is 0 Å². The lowest BCUT2D eigenvalue weighted by atomic mass is 9.88. The number of nitrogens with two attached hydrogens (primary N) is 2. The molecular weight excluding hydrogens is 268 g/mol. The Balaban J connectivity index is 2.31. The molecule has 0 saturated carbocycles. The van der Waals surface area contributed by atoms with Crippen molar-refractivity contribution in [2.45, 2.75) is 38.8 Å². The van der Waals surface area contributed by atoms with Crippen LogP contribution >= 0.6 is 0 Å². The van der Waals surface area contributed by atoms with Gasteiger partial charge in [0.15, 0.2) is 0 Å². The number of benzene rings is 1. The van der Waals surface area contributed by atoms with Gasteiger partial charge in [0.1, 0.15) is 0 Å². The number of para-hydroxylation sites is 1. The molecule has 1 unspecified atom stereocenters. The summed E-state index contributed by atoms with van der Waals surface area (Å²) in [5.74, 6) is -0.587. The first-order valence-corrected chi connectivity index (χ1v) is 7.08. The van der Waals surface area contributed by atoms with Gasteiger partial charge in [-0.3, -0.25) is 9.59 Å². The van der Waals surface area contributed by atoms with E-state index < -0.39 is 12.1 Å². The van der Waals surface area contributed by atoms with E-state index in [9.17, 15) is 9.59 Å². The van der Waals surface area contributed by atoms with Gasteiger partial charge in [-0.25, -0.2) is 0 Å². The average molecular weight is 290 g/mol. The van der Waals surface area contributed by atoms with Crippen LogP contribution in [0.2, 0.25) is 0 Å². The monoisotopic (exact) mass is 290 g/mol. The third kappa shape index (κ3) is 2.91. The highest BCUT2D eigenvalue weighted by Crippen LogP contribution is 2.36. The molecule has 1 aromatic rings. The van der Waals surface area contributed by atoms with E-state index in [1.54, 1.807) is 6.07 Å². The van der Waals surface area contributed by atoms with E-state index >= 15 is 0 Å². The molecule has 1 aliphatic rings. The molecule has 0 bridgehead atoms. The van der Waals surface area contributed by atoms with Crippen LogP contribution in [0.25, 0.3) is 0 Å². The Bertz CT molecular complexity index is 571. The summed E-state index contributed by atoms with van der Waals surface area (Å²) in [6.45, 7) is 5.66. The minimum Gasteiger partial charge on any atom is -0.323 e. The lowest BCUT2D eigenvalue weighted by Crippen LogP contribution is -2.44. The van der Waals surface area contributed by atoms with Gasteiger partial charge in [0.25, 0.3) is 0 Å². The van der Waals surface area contributed by atoms with Crippen molar-refractivity contribution in [3.8, 4) is 0 Å². The number of hydrogen-bond acceptors (Lipinski definition) is 4. The van der Waals surface area contributed by atoms with Crippen LogP contribution in [0, 0.1) is 5.92 Å². The minimum absolute atomic E-state index is 0.0338. The Morgan fingerprint density at radius 3 is 2.67 bits per heavy atom. The van der Waals surface area contributed by atoms with E-state index in [1.165, 1.54) is 0 Å². The number of anilines is 2. The van der Waals surface area contributed by atoms with Crippen molar-refractivity contribution in [3.63, 3.8) is 0 Å². The second-order valence-corrected chi connectivity index (χ2v) is 5.83. The highest BCUT2D eigenvalue weighted by atomic mass is 16.2. The normalized spacial score (nSPS) is 22.5. The van der Waals surface area contributed by atoms with Crippen molar-refractivity contribution in [3.05, 3.63) is 23.8 Å². The molecule has 0 aliphatic carbocycles. The van der Waals surface area contributed by atoms with E-state index in [0.29, 0.717) is 11.4 Å². The van der Waals surface area contributed by atoms with E-state index in [-0.39, 0.29) is 23.7 Å². The molecule has 6 N–H and O–H groups in total. The highest BCUT2D eigenvalue weighted by molar-refractivity contribution is 6.05. The molecule has 21 heavy (non-hydrogen) atoms. The molecule has 2 rings (SSSR count). The summed E-state index contributed by atoms with van der Waals surface area (Å²) in [6.07, 6.45) is 0. The summed E-state index contributed by atoms with van der Waals surface area (Å²) >= 11 is 0. The molecule has 0 fully saturated rings. The van der Waals surface area contributed by atoms with Gasteiger partial charge in [0, 0.05) is 5.92 Å². The highest BCUT2D eigenvalue weighted by Gasteiger charge is 2.31. The fraction of sp³-hybridized carbons (Fsp3) is 0.467. The minimum atomic E-state index is -0.597. The summed E-state index contributed by atoms with van der Waals surface area (Å²) in [5.41, 5.74) is 13.8. The molecular formula is C15H22N4O2. The zero-order chi connectivity index (χ0) is 15.7. The molecule has 6 heteroatoms. The summed E-state index contributed by atoms with van der Waals surface area (Å²) in [6, 6.07) is 4.29. The van der Waals surface area contributed by atoms with Crippen LogP contribution in [0.3, 0.4) is 0 Å². The fourth-order valence-electron chi connectivity index (χ4n) is 2.34. The van der Waals surface area contributed by atoms with Crippen LogP contribution in [0.4, 0.5) is 11.4 Å². The lowest BCUT2D eigenvalue weighted by Gasteiger charge is -2.30. The Labute approximate surface area is 124 Å². The first-order chi connectivity index (χ1) is 9.82. The second kappa shape index (κ2) is 5.83. The number of fused-ring (bicyclic) bond motifs is 1. The molecule has 0 saturated heterocycles. The standard InChI is InChI=1S/C15H22N4O2/c1-7(2)11(16)14(20)18-10-6-4-5-9-8(3)12(17)15(21)19-13(9)10/h4-8,11-12H,16-17H2,1-3H3,(H,18,20)(H,19,21)/t8?,11-,12-/m0/s1. The maximum absolute atomic E-state index is 12.1. The molecule has 1 aromatic carbocycles. The predicted octanol–water partition coefficient (Wildman–Crippen LogP) is 0.991. The molecule has 1 heterocycles. The van der Waals surface area contributed by atoms with E-state index in [1.807, 2.05) is 32.9 Å². The fourth-order valence-corrected chi connectivity index (χ4v) is 2.34. The van der Waals surface area contributed by atoms with Crippen molar-refractivity contribution >= 4 is 23.2 Å². The second-order valence-electron chi connectivity index (χ2n) is 5.83. The quantitative estimate of drug-likeness (QED) is 0.665. The molecule has 6 nitrogen and oxygen atoms in total. The molecule has 1 aliphatic heterocycles. The van der Waals surface area contributed by atoms with Gasteiger partial charge < -0.3 is 22.1 Å². The molecule has 114 valence electrons. The number of carbonyl (C=O) groups is 2. The maximum atomic E-state index is 12.1. The Hall–Kier alpha value is -1.92. The number of carbonyl (C=O) groups excluding carboxylic acids is 2. The van der Waals surface area contributed by atoms with E-state index in [2.05, 4.69) is 10.6 Å². The van der Waals surface area contributed by atoms with E-state index in [4.69, 9.17) is 11.5 Å². The summed E-state index contributed by atoms with van der Waals surface area (Å²) in [4.78, 5) is 24.0. The van der Waals surface area contributed by atoms with Crippen molar-refractivity contribution in [1.29, 1.82) is 0 Å². The van der Waals surface area contributed by atoms with Crippen molar-refractivity contribution in [2.75, 3.05) is 10.6 Å². The molecule has 0 radical (unpaired) electrons. The number of nitrogens with one attached hydrogen (secondary N) is 2. The van der Waals surface area contributed by atoms with Crippen LogP contribution in [0.15, 0.2) is 18.2 Å². The molecule has 0 spiro atoms. The van der Waals surface area contributed by atoms with Gasteiger partial charge in [-0.15, -0.1) is 0 Å². The topological polar surface area (TPSA) is 110 Å². The van der Waals surface area contributed by atoms with Crippen molar-refractivity contribution in [1.82, 2.24) is 0 Å². The van der Waals surface area contributed by atoms with Crippen LogP contribution < -0.4 is 22.1 Å². The third-order valence-electron chi connectivity index (χ3n) is 3.96. The average Bonchev–Trinajstić information content (AvgIpc) is 2.44. The summed E-state index contributed by atoms with van der Waals surface area (Å²) in [5, 5.41) is 5.55. The number of amides is 2. The van der Waals surface area contributed by atoms with Gasteiger partial charge in [0.2, 0.25) is 11.8 Å². The first kappa shape index (κ1) is 15.5. The number of rotatable bonds is 3. The zero-order valence-electron chi connectivity index (χ0n) is 12.5. The SMILES string of the molecule is CC(C)[C@H](N)C(=O)Nc1cccc2c1NC(=O)[C@@H](N)C2C. The van der Waals surface area contributed by atoms with Gasteiger partial charge in [0.05, 0.1) is 23.5 Å².